The van der Waals surface area contributed by atoms with Crippen LogP contribution in [-0.4, -0.2) is 17.0 Å². The Balaban J connectivity index is 2.50. The minimum atomic E-state index is -0.375. The highest BCUT2D eigenvalue weighted by atomic mass is 32.2. The van der Waals surface area contributed by atoms with Gasteiger partial charge in [-0.15, -0.1) is 11.8 Å². The number of halogens is 1. The summed E-state index contributed by atoms with van der Waals surface area (Å²) in [6.45, 7) is 3.90. The molecule has 0 aliphatic carbocycles. The van der Waals surface area contributed by atoms with E-state index >= 15 is 0 Å². The van der Waals surface area contributed by atoms with Gasteiger partial charge in [0.15, 0.2) is 0 Å². The second-order valence-electron chi connectivity index (χ2n) is 3.55. The van der Waals surface area contributed by atoms with Crippen molar-refractivity contribution < 1.29 is 9.50 Å². The molecule has 0 amide bonds. The summed E-state index contributed by atoms with van der Waals surface area (Å²) in [5.74, 6) is 0.543. The normalized spacial score (nSPS) is 13.2. The molecule has 1 N–H and O–H groups in total. The van der Waals surface area contributed by atoms with Gasteiger partial charge in [0.2, 0.25) is 0 Å². The molecule has 1 unspecified atom stereocenters. The first-order valence-corrected chi connectivity index (χ1v) is 5.65. The molecule has 0 spiro atoms. The summed E-state index contributed by atoms with van der Waals surface area (Å²) in [7, 11) is 0. The number of benzene rings is 1. The fourth-order valence-corrected chi connectivity index (χ4v) is 2.05. The molecule has 1 rings (SSSR count). The molecule has 0 saturated heterocycles. The van der Waals surface area contributed by atoms with E-state index in [-0.39, 0.29) is 17.8 Å². The van der Waals surface area contributed by atoms with Gasteiger partial charge >= 0.3 is 0 Å². The van der Waals surface area contributed by atoms with E-state index in [1.165, 1.54) is 17.8 Å². The van der Waals surface area contributed by atoms with Gasteiger partial charge in [-0.3, -0.25) is 0 Å². The Morgan fingerprint density at radius 2 is 2.00 bits per heavy atom. The van der Waals surface area contributed by atoms with Crippen molar-refractivity contribution in [1.82, 2.24) is 0 Å². The summed E-state index contributed by atoms with van der Waals surface area (Å²) in [5, 5.41) is 9.54. The second-order valence-corrected chi connectivity index (χ2v) is 4.61. The Bertz CT molecular complexity index is 288. The predicted octanol–water partition coefficient (Wildman–Crippen LogP) is 2.93. The lowest BCUT2D eigenvalue weighted by atomic mass is 10.1. The van der Waals surface area contributed by atoms with Gasteiger partial charge in [-0.1, -0.05) is 26.0 Å². The maximum Gasteiger partial charge on any atom is 0.136 e. The third-order valence-electron chi connectivity index (χ3n) is 2.02. The summed E-state index contributed by atoms with van der Waals surface area (Å²) in [6, 6.07) is 6.63. The Morgan fingerprint density at radius 1 is 1.36 bits per heavy atom. The lowest BCUT2D eigenvalue weighted by Crippen LogP contribution is -2.17. The van der Waals surface area contributed by atoms with Gasteiger partial charge in [0.1, 0.15) is 5.82 Å². The third-order valence-corrected chi connectivity index (χ3v) is 3.17. The fourth-order valence-electron chi connectivity index (χ4n) is 0.929. The number of aliphatic hydroxyl groups excluding tert-OH is 1. The molecule has 1 nitrogen and oxygen atoms in total. The standard InChI is InChI=1S/C11H15FOS/c1-8(2)10(13)7-14-11-6-4-3-5-9(11)12/h3-6,8,10,13H,7H2,1-2H3. The van der Waals surface area contributed by atoms with E-state index in [0.717, 1.165) is 0 Å². The van der Waals surface area contributed by atoms with Crippen LogP contribution in [0.5, 0.6) is 0 Å². The minimum Gasteiger partial charge on any atom is -0.392 e. The topological polar surface area (TPSA) is 20.2 Å². The van der Waals surface area contributed by atoms with Crippen LogP contribution in [0.1, 0.15) is 13.8 Å². The summed E-state index contributed by atoms with van der Waals surface area (Å²) in [4.78, 5) is 0.604. The molecule has 0 fully saturated rings. The van der Waals surface area contributed by atoms with Crippen molar-refractivity contribution in [2.24, 2.45) is 5.92 Å². The van der Waals surface area contributed by atoms with Gasteiger partial charge in [0.05, 0.1) is 6.10 Å². The SMILES string of the molecule is CC(C)C(O)CSc1ccccc1F. The van der Waals surface area contributed by atoms with Gasteiger partial charge in [0.25, 0.3) is 0 Å². The monoisotopic (exact) mass is 214 g/mol. The van der Waals surface area contributed by atoms with Crippen LogP contribution in [0.3, 0.4) is 0 Å². The first kappa shape index (κ1) is 11.5. The van der Waals surface area contributed by atoms with Crippen LogP contribution in [0.4, 0.5) is 4.39 Å². The fraction of sp³-hybridized carbons (Fsp3) is 0.455. The van der Waals surface area contributed by atoms with Crippen molar-refractivity contribution in [3.05, 3.63) is 30.1 Å². The van der Waals surface area contributed by atoms with Crippen LogP contribution < -0.4 is 0 Å². The van der Waals surface area contributed by atoms with E-state index in [0.29, 0.717) is 10.6 Å². The first-order chi connectivity index (χ1) is 6.61. The van der Waals surface area contributed by atoms with Gasteiger partial charge < -0.3 is 5.11 Å². The molecule has 1 aromatic carbocycles. The third kappa shape index (κ3) is 3.31. The van der Waals surface area contributed by atoms with Gasteiger partial charge in [-0.2, -0.15) is 0 Å². The Hall–Kier alpha value is -0.540. The summed E-state index contributed by atoms with van der Waals surface area (Å²) >= 11 is 1.36. The number of aliphatic hydroxyl groups is 1. The molecule has 1 atom stereocenters. The zero-order chi connectivity index (χ0) is 10.6. The summed E-state index contributed by atoms with van der Waals surface area (Å²) < 4.78 is 13.1. The molecule has 0 aromatic heterocycles. The predicted molar refractivity (Wildman–Crippen MR) is 58.0 cm³/mol. The Kier molecular flexibility index (Phi) is 4.42. The maximum absolute atomic E-state index is 13.1. The highest BCUT2D eigenvalue weighted by molar-refractivity contribution is 7.99. The molecule has 1 aromatic rings. The molecule has 0 bridgehead atoms. The van der Waals surface area contributed by atoms with Crippen LogP contribution in [0.25, 0.3) is 0 Å². The number of rotatable bonds is 4. The van der Waals surface area contributed by atoms with Gasteiger partial charge in [-0.05, 0) is 18.1 Å². The molecule has 78 valence electrons. The van der Waals surface area contributed by atoms with Crippen molar-refractivity contribution in [3.63, 3.8) is 0 Å². The van der Waals surface area contributed by atoms with E-state index in [9.17, 15) is 9.50 Å². The quantitative estimate of drug-likeness (QED) is 0.778. The van der Waals surface area contributed by atoms with Crippen LogP contribution in [-0.2, 0) is 0 Å². The molecular formula is C11H15FOS. The Morgan fingerprint density at radius 3 is 2.57 bits per heavy atom. The van der Waals surface area contributed by atoms with E-state index in [1.807, 2.05) is 13.8 Å². The molecule has 0 heterocycles. The van der Waals surface area contributed by atoms with E-state index < -0.39 is 0 Å². The number of thioether (sulfide) groups is 1. The van der Waals surface area contributed by atoms with Gasteiger partial charge in [-0.25, -0.2) is 4.39 Å². The molecular weight excluding hydrogens is 199 g/mol. The average Bonchev–Trinajstić information content (AvgIpc) is 2.16. The zero-order valence-corrected chi connectivity index (χ0v) is 9.22. The first-order valence-electron chi connectivity index (χ1n) is 4.66. The van der Waals surface area contributed by atoms with Crippen molar-refractivity contribution in [2.75, 3.05) is 5.75 Å². The second kappa shape index (κ2) is 5.37. The molecule has 0 aliphatic heterocycles. The maximum atomic E-state index is 13.1. The summed E-state index contributed by atoms with van der Waals surface area (Å²) in [5.41, 5.74) is 0. The molecule has 14 heavy (non-hydrogen) atoms. The van der Waals surface area contributed by atoms with E-state index in [2.05, 4.69) is 0 Å². The largest absolute Gasteiger partial charge is 0.392 e. The molecule has 0 radical (unpaired) electrons. The lowest BCUT2D eigenvalue weighted by Gasteiger charge is -2.13. The highest BCUT2D eigenvalue weighted by Crippen LogP contribution is 2.23. The van der Waals surface area contributed by atoms with Crippen LogP contribution in [0.2, 0.25) is 0 Å². The Labute approximate surface area is 88.3 Å². The van der Waals surface area contributed by atoms with E-state index in [1.54, 1.807) is 18.2 Å². The van der Waals surface area contributed by atoms with Crippen molar-refractivity contribution in [1.29, 1.82) is 0 Å². The molecule has 3 heteroatoms. The van der Waals surface area contributed by atoms with Crippen LogP contribution in [0, 0.1) is 11.7 Å². The summed E-state index contributed by atoms with van der Waals surface area (Å²) in [6.07, 6.45) is -0.375. The lowest BCUT2D eigenvalue weighted by molar-refractivity contribution is 0.149. The van der Waals surface area contributed by atoms with Crippen molar-refractivity contribution in [2.45, 2.75) is 24.8 Å². The smallest absolute Gasteiger partial charge is 0.136 e. The molecule has 0 aliphatic rings. The van der Waals surface area contributed by atoms with Crippen molar-refractivity contribution >= 4 is 11.8 Å². The molecule has 0 saturated carbocycles. The average molecular weight is 214 g/mol. The van der Waals surface area contributed by atoms with Crippen LogP contribution in [0.15, 0.2) is 29.2 Å². The number of hydrogen-bond acceptors (Lipinski definition) is 2. The van der Waals surface area contributed by atoms with Crippen LogP contribution >= 0.6 is 11.8 Å². The van der Waals surface area contributed by atoms with Crippen molar-refractivity contribution in [3.8, 4) is 0 Å². The van der Waals surface area contributed by atoms with Gasteiger partial charge in [0, 0.05) is 10.6 Å². The number of hydrogen-bond donors (Lipinski definition) is 1. The zero-order valence-electron chi connectivity index (χ0n) is 8.40. The minimum absolute atomic E-state index is 0.214. The van der Waals surface area contributed by atoms with E-state index in [4.69, 9.17) is 0 Å². The highest BCUT2D eigenvalue weighted by Gasteiger charge is 2.10.